The first-order chi connectivity index (χ1) is 20.9. The molecule has 1 aromatic heterocycles. The highest BCUT2D eigenvalue weighted by atomic mass is 32.2. The van der Waals surface area contributed by atoms with Crippen LogP contribution >= 0.6 is 24.0 Å². The Labute approximate surface area is 254 Å². The molecule has 0 bridgehead atoms. The van der Waals surface area contributed by atoms with Crippen LogP contribution < -0.4 is 5.69 Å². The summed E-state index contributed by atoms with van der Waals surface area (Å²) in [6.45, 7) is -0.399. The molecule has 43 heavy (non-hydrogen) atoms. The van der Waals surface area contributed by atoms with Crippen molar-refractivity contribution in [1.82, 2.24) is 14.8 Å². The molecule has 0 unspecified atom stereocenters. The van der Waals surface area contributed by atoms with Crippen molar-refractivity contribution >= 4 is 41.9 Å². The molecule has 3 aromatic carbocycles. The Balaban J connectivity index is 1.53. The lowest BCUT2D eigenvalue weighted by Gasteiger charge is -2.24. The van der Waals surface area contributed by atoms with Crippen molar-refractivity contribution < 1.29 is 33.3 Å². The first-order valence-electron chi connectivity index (χ1n) is 13.0. The summed E-state index contributed by atoms with van der Waals surface area (Å²) in [5.41, 5.74) is -0.0162. The molecule has 4 atom stereocenters. The fourth-order valence-corrected chi connectivity index (χ4v) is 5.14. The second-order valence-corrected chi connectivity index (χ2v) is 10.4. The van der Waals surface area contributed by atoms with E-state index in [1.165, 1.54) is 11.8 Å². The number of esters is 3. The monoisotopic (exact) mass is 619 g/mol. The Bertz CT molecular complexity index is 1710. The standard InChI is InChI=1S/C30H25N3O8S2/c1-43-25-24(42)31-30(37)33(32-25)26-23(41-29(36)20-15-9-4-10-16-20)22(40-28(35)19-13-7-3-8-14-19)21(39-26)17-38-27(34)18-11-5-2-6-12-18/h2-16,21-23,26H,17H2,1H3,(H,31,37,42)/t21-,22+,23-,26-/m0/s1. The number of benzene rings is 3. The normalized spacial score (nSPS) is 19.4. The van der Waals surface area contributed by atoms with Crippen LogP contribution in [0.25, 0.3) is 0 Å². The van der Waals surface area contributed by atoms with Gasteiger partial charge in [0, 0.05) is 0 Å². The number of hydrogen-bond donors (Lipinski definition) is 1. The zero-order chi connectivity index (χ0) is 30.3. The van der Waals surface area contributed by atoms with Crippen LogP contribution in [-0.2, 0) is 18.9 Å². The van der Waals surface area contributed by atoms with Crippen molar-refractivity contribution in [2.24, 2.45) is 0 Å². The number of hydrogen-bond acceptors (Lipinski definition) is 11. The van der Waals surface area contributed by atoms with Crippen molar-refractivity contribution in [3.8, 4) is 0 Å². The van der Waals surface area contributed by atoms with Gasteiger partial charge in [-0.3, -0.25) is 4.98 Å². The van der Waals surface area contributed by atoms with E-state index < -0.39 is 54.7 Å². The summed E-state index contributed by atoms with van der Waals surface area (Å²) in [4.78, 5) is 54.8. The van der Waals surface area contributed by atoms with Crippen LogP contribution in [-0.4, -0.2) is 63.8 Å². The topological polar surface area (TPSA) is 139 Å². The number of carbonyl (C=O) groups is 3. The highest BCUT2D eigenvalue weighted by molar-refractivity contribution is 7.98. The predicted molar refractivity (Wildman–Crippen MR) is 157 cm³/mol. The molecule has 1 fully saturated rings. The van der Waals surface area contributed by atoms with Gasteiger partial charge in [-0.2, -0.15) is 9.78 Å². The molecule has 1 N–H and O–H groups in total. The van der Waals surface area contributed by atoms with Crippen molar-refractivity contribution in [1.29, 1.82) is 0 Å². The molecule has 0 saturated carbocycles. The van der Waals surface area contributed by atoms with Crippen LogP contribution in [0.2, 0.25) is 0 Å². The molecule has 0 amide bonds. The Morgan fingerprint density at radius 1 is 0.837 bits per heavy atom. The van der Waals surface area contributed by atoms with Gasteiger partial charge in [0.05, 0.1) is 16.7 Å². The molecule has 0 radical (unpaired) electrons. The summed E-state index contributed by atoms with van der Waals surface area (Å²) < 4.78 is 24.4. The summed E-state index contributed by atoms with van der Waals surface area (Å²) in [5, 5.41) is 4.63. The first-order valence-corrected chi connectivity index (χ1v) is 14.7. The Morgan fingerprint density at radius 2 is 1.33 bits per heavy atom. The van der Waals surface area contributed by atoms with E-state index in [1.807, 2.05) is 0 Å². The second-order valence-electron chi connectivity index (χ2n) is 9.21. The molecule has 0 aliphatic carbocycles. The van der Waals surface area contributed by atoms with Gasteiger partial charge in [0.2, 0.25) is 0 Å². The van der Waals surface area contributed by atoms with Crippen molar-refractivity contribution in [3.05, 3.63) is 123 Å². The van der Waals surface area contributed by atoms with E-state index in [0.29, 0.717) is 10.6 Å². The van der Waals surface area contributed by atoms with Crippen LogP contribution in [0.1, 0.15) is 37.3 Å². The average molecular weight is 620 g/mol. The fourth-order valence-electron chi connectivity index (χ4n) is 4.36. The smallest absolute Gasteiger partial charge is 0.345 e. The van der Waals surface area contributed by atoms with Gasteiger partial charge in [-0.1, -0.05) is 66.8 Å². The minimum Gasteiger partial charge on any atom is -0.459 e. The summed E-state index contributed by atoms with van der Waals surface area (Å²) in [5.74, 6) is -2.15. The van der Waals surface area contributed by atoms with Crippen molar-refractivity contribution in [3.63, 3.8) is 0 Å². The molecule has 0 spiro atoms. The number of H-pyrrole nitrogens is 1. The van der Waals surface area contributed by atoms with Crippen molar-refractivity contribution in [2.75, 3.05) is 12.9 Å². The van der Waals surface area contributed by atoms with Crippen LogP contribution in [0.3, 0.4) is 0 Å². The lowest BCUT2D eigenvalue weighted by atomic mass is 10.1. The number of nitrogens with zero attached hydrogens (tertiary/aromatic N) is 2. The van der Waals surface area contributed by atoms with Gasteiger partial charge in [0.25, 0.3) is 0 Å². The highest BCUT2D eigenvalue weighted by Gasteiger charge is 2.52. The van der Waals surface area contributed by atoms with Crippen molar-refractivity contribution in [2.45, 2.75) is 29.6 Å². The number of aromatic nitrogens is 3. The van der Waals surface area contributed by atoms with Crippen LogP contribution in [0, 0.1) is 4.64 Å². The molecular formula is C30H25N3O8S2. The third kappa shape index (κ3) is 6.91. The third-order valence-electron chi connectivity index (χ3n) is 6.43. The maximum absolute atomic E-state index is 13.3. The fraction of sp³-hybridized carbons (Fsp3) is 0.200. The summed E-state index contributed by atoms with van der Waals surface area (Å²) in [6.07, 6.45) is -3.52. The Morgan fingerprint density at radius 3 is 1.84 bits per heavy atom. The van der Waals surface area contributed by atoms with Gasteiger partial charge in [0.1, 0.15) is 17.4 Å². The molecule has 13 heteroatoms. The molecule has 220 valence electrons. The van der Waals surface area contributed by atoms with E-state index in [-0.39, 0.29) is 15.8 Å². The zero-order valence-electron chi connectivity index (χ0n) is 22.7. The maximum Gasteiger partial charge on any atom is 0.345 e. The van der Waals surface area contributed by atoms with Crippen LogP contribution in [0.4, 0.5) is 0 Å². The van der Waals surface area contributed by atoms with Gasteiger partial charge >= 0.3 is 23.6 Å². The van der Waals surface area contributed by atoms with Gasteiger partial charge < -0.3 is 18.9 Å². The molecule has 1 aliphatic heterocycles. The predicted octanol–water partition coefficient (Wildman–Crippen LogP) is 4.23. The molecule has 2 heterocycles. The van der Waals surface area contributed by atoms with E-state index in [2.05, 4.69) is 10.1 Å². The van der Waals surface area contributed by atoms with Crippen LogP contribution in [0.5, 0.6) is 0 Å². The molecule has 4 aromatic rings. The van der Waals surface area contributed by atoms with Gasteiger partial charge in [-0.15, -0.1) is 11.8 Å². The molecule has 1 aliphatic rings. The average Bonchev–Trinajstić information content (AvgIpc) is 3.36. The number of carbonyl (C=O) groups excluding carboxylic acids is 3. The number of nitrogens with one attached hydrogen (secondary N) is 1. The second kappa shape index (κ2) is 13.6. The largest absolute Gasteiger partial charge is 0.459 e. The van der Waals surface area contributed by atoms with E-state index in [0.717, 1.165) is 4.68 Å². The van der Waals surface area contributed by atoms with E-state index in [4.69, 9.17) is 31.2 Å². The minimum atomic E-state index is -1.38. The number of rotatable bonds is 9. The number of thioether (sulfide) groups is 1. The molecule has 1 saturated heterocycles. The zero-order valence-corrected chi connectivity index (χ0v) is 24.3. The SMILES string of the molecule is CSc1nn([C@H]2O[C@@H](COC(=O)c3ccccc3)[C@@H](OC(=O)c3ccccc3)[C@@H]2OC(=O)c2ccccc2)c(=O)[nH]c1=S. The number of aromatic amines is 1. The summed E-state index contributed by atoms with van der Waals surface area (Å²) in [6, 6.07) is 24.6. The van der Waals surface area contributed by atoms with Gasteiger partial charge in [0.15, 0.2) is 23.5 Å². The molecular weight excluding hydrogens is 594 g/mol. The van der Waals surface area contributed by atoms with E-state index in [9.17, 15) is 19.2 Å². The lowest BCUT2D eigenvalue weighted by molar-refractivity contribution is -0.0706. The Hall–Kier alpha value is -4.59. The minimum absolute atomic E-state index is 0.116. The third-order valence-corrected chi connectivity index (χ3v) is 7.53. The Kier molecular flexibility index (Phi) is 9.45. The number of ether oxygens (including phenoxy) is 4. The van der Waals surface area contributed by atoms with Crippen LogP contribution in [0.15, 0.2) is 101 Å². The summed E-state index contributed by atoms with van der Waals surface area (Å²) >= 11 is 6.39. The molecule has 5 rings (SSSR count). The molecule has 11 nitrogen and oxygen atoms in total. The van der Waals surface area contributed by atoms with Gasteiger partial charge in [-0.05, 0) is 42.7 Å². The first kappa shape index (κ1) is 29.9. The quantitative estimate of drug-likeness (QED) is 0.125. The van der Waals surface area contributed by atoms with Gasteiger partial charge in [-0.25, -0.2) is 19.2 Å². The highest BCUT2D eigenvalue weighted by Crippen LogP contribution is 2.34. The lowest BCUT2D eigenvalue weighted by Crippen LogP contribution is -2.43. The van der Waals surface area contributed by atoms with E-state index >= 15 is 0 Å². The van der Waals surface area contributed by atoms with E-state index in [1.54, 1.807) is 97.3 Å². The maximum atomic E-state index is 13.3. The summed E-state index contributed by atoms with van der Waals surface area (Å²) in [7, 11) is 0.